The molecule has 1 atom stereocenters. The van der Waals surface area contributed by atoms with E-state index in [1.165, 1.54) is 18.8 Å². The molecule has 3 nitrogen and oxygen atoms in total. The summed E-state index contributed by atoms with van der Waals surface area (Å²) in [5.41, 5.74) is 1.30. The molecule has 1 aliphatic rings. The molecule has 0 amide bonds. The van der Waals surface area contributed by atoms with Crippen molar-refractivity contribution in [2.75, 3.05) is 44.7 Å². The summed E-state index contributed by atoms with van der Waals surface area (Å²) in [6.07, 6.45) is 0. The molecule has 1 aliphatic heterocycles. The molecule has 0 spiro atoms. The van der Waals surface area contributed by atoms with Crippen molar-refractivity contribution < 1.29 is 0 Å². The maximum atomic E-state index is 3.40. The minimum atomic E-state index is 0.613. The molecule has 1 aromatic carbocycles. The summed E-state index contributed by atoms with van der Waals surface area (Å²) in [5.74, 6) is 0. The molecule has 2 rings (SSSR count). The van der Waals surface area contributed by atoms with Gasteiger partial charge in [0.15, 0.2) is 0 Å². The highest BCUT2D eigenvalue weighted by Gasteiger charge is 2.17. The Morgan fingerprint density at radius 1 is 1.24 bits per heavy atom. The topological polar surface area (TPSA) is 18.5 Å². The maximum Gasteiger partial charge on any atom is 0.0364 e. The number of piperazine rings is 1. The van der Waals surface area contributed by atoms with Crippen LogP contribution < -0.4 is 10.2 Å². The minimum Gasteiger partial charge on any atom is -0.373 e. The lowest BCUT2D eigenvalue weighted by atomic mass is 10.2. The van der Waals surface area contributed by atoms with Crippen LogP contribution >= 0.6 is 0 Å². The highest BCUT2D eigenvalue weighted by Crippen LogP contribution is 2.13. The van der Waals surface area contributed by atoms with Gasteiger partial charge in [0.25, 0.3) is 0 Å². The number of anilines is 1. The fourth-order valence-corrected chi connectivity index (χ4v) is 2.42. The zero-order valence-electron chi connectivity index (χ0n) is 10.9. The summed E-state index contributed by atoms with van der Waals surface area (Å²) in [5, 5.41) is 3.40. The summed E-state index contributed by atoms with van der Waals surface area (Å²) in [7, 11) is 2.17. The third kappa shape index (κ3) is 3.45. The molecule has 1 saturated heterocycles. The highest BCUT2D eigenvalue weighted by molar-refractivity contribution is 5.45. The lowest BCUT2D eigenvalue weighted by Crippen LogP contribution is -2.50. The lowest BCUT2D eigenvalue weighted by molar-refractivity contribution is 0.187. The first-order valence-corrected chi connectivity index (χ1v) is 6.48. The zero-order chi connectivity index (χ0) is 12.1. The van der Waals surface area contributed by atoms with Gasteiger partial charge >= 0.3 is 0 Å². The molecule has 1 heterocycles. The van der Waals surface area contributed by atoms with Gasteiger partial charge in [-0.2, -0.15) is 0 Å². The molecule has 1 N–H and O–H groups in total. The van der Waals surface area contributed by atoms with Crippen LogP contribution in [0.3, 0.4) is 0 Å². The van der Waals surface area contributed by atoms with Gasteiger partial charge in [0.05, 0.1) is 0 Å². The van der Waals surface area contributed by atoms with Gasteiger partial charge < -0.3 is 10.2 Å². The number of hydrogen-bond acceptors (Lipinski definition) is 3. The van der Waals surface area contributed by atoms with Crippen LogP contribution in [0.1, 0.15) is 6.92 Å². The Bertz CT molecular complexity index is 319. The van der Waals surface area contributed by atoms with E-state index in [0.29, 0.717) is 6.04 Å². The van der Waals surface area contributed by atoms with E-state index in [9.17, 15) is 0 Å². The van der Waals surface area contributed by atoms with Crippen molar-refractivity contribution in [1.29, 1.82) is 0 Å². The number of para-hydroxylation sites is 1. The number of nitrogens with one attached hydrogen (secondary N) is 1. The predicted octanol–water partition coefficient (Wildman–Crippen LogP) is 1.42. The van der Waals surface area contributed by atoms with Gasteiger partial charge in [-0.1, -0.05) is 18.2 Å². The Hall–Kier alpha value is -1.06. The SMILES string of the molecule is CC(CN(C)c1ccccc1)N1CCNCC1. The fraction of sp³-hybridized carbons (Fsp3) is 0.571. The third-order valence-corrected chi connectivity index (χ3v) is 3.51. The van der Waals surface area contributed by atoms with E-state index in [4.69, 9.17) is 0 Å². The standard InChI is InChI=1S/C14H23N3/c1-13(17-10-8-15-9-11-17)12-16(2)14-6-4-3-5-7-14/h3-7,13,15H,8-12H2,1-2H3. The second-order valence-corrected chi connectivity index (χ2v) is 4.85. The fourth-order valence-electron chi connectivity index (χ4n) is 2.42. The van der Waals surface area contributed by atoms with Crippen molar-refractivity contribution >= 4 is 5.69 Å². The average molecular weight is 233 g/mol. The van der Waals surface area contributed by atoms with Gasteiger partial charge in [-0.25, -0.2) is 0 Å². The smallest absolute Gasteiger partial charge is 0.0364 e. The second kappa shape index (κ2) is 6.03. The van der Waals surface area contributed by atoms with Crippen LogP contribution in [0.15, 0.2) is 30.3 Å². The molecule has 3 heteroatoms. The van der Waals surface area contributed by atoms with E-state index in [1.54, 1.807) is 0 Å². The van der Waals surface area contributed by atoms with Crippen molar-refractivity contribution in [1.82, 2.24) is 10.2 Å². The Labute approximate surface area is 104 Å². The van der Waals surface area contributed by atoms with Crippen LogP contribution in [0.2, 0.25) is 0 Å². The average Bonchev–Trinajstić information content (AvgIpc) is 2.40. The van der Waals surface area contributed by atoms with E-state index in [-0.39, 0.29) is 0 Å². The molecule has 0 bridgehead atoms. The number of hydrogen-bond donors (Lipinski definition) is 1. The Morgan fingerprint density at radius 2 is 1.88 bits per heavy atom. The van der Waals surface area contributed by atoms with Gasteiger partial charge in [-0.05, 0) is 19.1 Å². The second-order valence-electron chi connectivity index (χ2n) is 4.85. The maximum absolute atomic E-state index is 3.40. The molecule has 0 saturated carbocycles. The van der Waals surface area contributed by atoms with Crippen molar-refractivity contribution in [2.45, 2.75) is 13.0 Å². The number of rotatable bonds is 4. The monoisotopic (exact) mass is 233 g/mol. The number of likely N-dealkylation sites (N-methyl/N-ethyl adjacent to an activating group) is 1. The number of nitrogens with zero attached hydrogens (tertiary/aromatic N) is 2. The molecule has 0 aliphatic carbocycles. The predicted molar refractivity (Wildman–Crippen MR) is 73.6 cm³/mol. The van der Waals surface area contributed by atoms with Crippen LogP contribution in [-0.4, -0.2) is 50.7 Å². The van der Waals surface area contributed by atoms with Crippen LogP contribution in [-0.2, 0) is 0 Å². The van der Waals surface area contributed by atoms with Gasteiger partial charge in [0, 0.05) is 51.5 Å². The largest absolute Gasteiger partial charge is 0.373 e. The first-order chi connectivity index (χ1) is 8.27. The van der Waals surface area contributed by atoms with Crippen LogP contribution in [0.25, 0.3) is 0 Å². The Kier molecular flexibility index (Phi) is 4.40. The van der Waals surface area contributed by atoms with E-state index < -0.39 is 0 Å². The van der Waals surface area contributed by atoms with E-state index in [0.717, 1.165) is 19.6 Å². The summed E-state index contributed by atoms with van der Waals surface area (Å²) in [6.45, 7) is 8.00. The van der Waals surface area contributed by atoms with Gasteiger partial charge in [0.2, 0.25) is 0 Å². The van der Waals surface area contributed by atoms with Crippen LogP contribution in [0.4, 0.5) is 5.69 Å². The van der Waals surface area contributed by atoms with Gasteiger partial charge in [0.1, 0.15) is 0 Å². The van der Waals surface area contributed by atoms with E-state index in [1.807, 2.05) is 0 Å². The summed E-state index contributed by atoms with van der Waals surface area (Å²) in [6, 6.07) is 11.2. The van der Waals surface area contributed by atoms with E-state index in [2.05, 4.69) is 59.4 Å². The quantitative estimate of drug-likeness (QED) is 0.848. The normalized spacial score (nSPS) is 18.9. The molecule has 1 fully saturated rings. The lowest BCUT2D eigenvalue weighted by Gasteiger charge is -2.35. The minimum absolute atomic E-state index is 0.613. The molecule has 94 valence electrons. The summed E-state index contributed by atoms with van der Waals surface area (Å²) < 4.78 is 0. The Balaban J connectivity index is 1.87. The molecule has 0 radical (unpaired) electrons. The highest BCUT2D eigenvalue weighted by atomic mass is 15.2. The van der Waals surface area contributed by atoms with Gasteiger partial charge in [-0.3, -0.25) is 4.90 Å². The van der Waals surface area contributed by atoms with Crippen molar-refractivity contribution in [3.8, 4) is 0 Å². The molecule has 1 aromatic rings. The molecular weight excluding hydrogens is 210 g/mol. The van der Waals surface area contributed by atoms with Crippen molar-refractivity contribution in [2.24, 2.45) is 0 Å². The van der Waals surface area contributed by atoms with Crippen LogP contribution in [0.5, 0.6) is 0 Å². The first kappa shape index (κ1) is 12.4. The molecule has 0 aromatic heterocycles. The molecule has 1 unspecified atom stereocenters. The zero-order valence-corrected chi connectivity index (χ0v) is 10.9. The van der Waals surface area contributed by atoms with Crippen LogP contribution in [0, 0.1) is 0 Å². The third-order valence-electron chi connectivity index (χ3n) is 3.51. The number of benzene rings is 1. The summed E-state index contributed by atoms with van der Waals surface area (Å²) in [4.78, 5) is 4.91. The molecular formula is C14H23N3. The van der Waals surface area contributed by atoms with E-state index >= 15 is 0 Å². The molecule has 17 heavy (non-hydrogen) atoms. The van der Waals surface area contributed by atoms with Crippen molar-refractivity contribution in [3.05, 3.63) is 30.3 Å². The van der Waals surface area contributed by atoms with Crippen molar-refractivity contribution in [3.63, 3.8) is 0 Å². The summed E-state index contributed by atoms with van der Waals surface area (Å²) >= 11 is 0. The van der Waals surface area contributed by atoms with Gasteiger partial charge in [-0.15, -0.1) is 0 Å². The Morgan fingerprint density at radius 3 is 2.53 bits per heavy atom. The first-order valence-electron chi connectivity index (χ1n) is 6.48.